The molecular weight excluding hydrogens is 380 g/mol. The van der Waals surface area contributed by atoms with Crippen molar-refractivity contribution in [2.45, 2.75) is 32.4 Å². The summed E-state index contributed by atoms with van der Waals surface area (Å²) in [6, 6.07) is 14.8. The first kappa shape index (κ1) is 19.8. The van der Waals surface area contributed by atoms with Gasteiger partial charge in [0, 0.05) is 30.2 Å². The molecule has 0 aliphatic carbocycles. The Hall–Kier alpha value is -2.45. The number of fused-ring (bicyclic) bond motifs is 3. The molecule has 0 radical (unpaired) electrons. The predicted octanol–water partition coefficient (Wildman–Crippen LogP) is 5.90. The van der Waals surface area contributed by atoms with Gasteiger partial charge in [0.2, 0.25) is 0 Å². The van der Waals surface area contributed by atoms with Crippen LogP contribution in [0.25, 0.3) is 6.08 Å². The fourth-order valence-electron chi connectivity index (χ4n) is 4.03. The Balaban J connectivity index is 1.45. The lowest BCUT2D eigenvalue weighted by Gasteiger charge is -2.26. The Kier molecular flexibility index (Phi) is 5.31. The van der Waals surface area contributed by atoms with Crippen LogP contribution in [0.3, 0.4) is 0 Å². The Morgan fingerprint density at radius 2 is 1.93 bits per heavy atom. The third-order valence-electron chi connectivity index (χ3n) is 5.97. The average Bonchev–Trinajstić information content (AvgIpc) is 3.18. The lowest BCUT2D eigenvalue weighted by Crippen LogP contribution is -2.36. The van der Waals surface area contributed by atoms with Gasteiger partial charge in [-0.2, -0.15) is 0 Å². The summed E-state index contributed by atoms with van der Waals surface area (Å²) in [4.78, 5) is 8.38. The molecule has 1 fully saturated rings. The molecule has 0 spiro atoms. The molecule has 2 aliphatic rings. The Labute approximate surface area is 178 Å². The highest BCUT2D eigenvalue weighted by Gasteiger charge is 2.52. The van der Waals surface area contributed by atoms with Crippen LogP contribution >= 0.6 is 11.6 Å². The number of anilines is 2. The van der Waals surface area contributed by atoms with Crippen molar-refractivity contribution in [3.05, 3.63) is 82.6 Å². The molecule has 0 amide bonds. The van der Waals surface area contributed by atoms with Crippen molar-refractivity contribution in [2.24, 2.45) is 5.41 Å². The summed E-state index contributed by atoms with van der Waals surface area (Å²) in [5.41, 5.74) is 7.90. The van der Waals surface area contributed by atoms with E-state index in [0.29, 0.717) is 0 Å². The minimum absolute atomic E-state index is 0.0244. The van der Waals surface area contributed by atoms with Crippen LogP contribution in [0.15, 0.2) is 66.4 Å². The van der Waals surface area contributed by atoms with Gasteiger partial charge in [-0.1, -0.05) is 55.8 Å². The minimum atomic E-state index is -0.0328. The molecule has 4 heteroatoms. The highest BCUT2D eigenvalue weighted by molar-refractivity contribution is 6.31. The molecular formula is C25H27ClN2O. The van der Waals surface area contributed by atoms with Gasteiger partial charge in [-0.3, -0.25) is 4.84 Å². The Morgan fingerprint density at radius 3 is 2.66 bits per heavy atom. The van der Waals surface area contributed by atoms with E-state index in [1.54, 1.807) is 0 Å². The molecule has 2 heterocycles. The molecule has 2 aromatic rings. The van der Waals surface area contributed by atoms with Crippen molar-refractivity contribution in [3.63, 3.8) is 0 Å². The first-order valence-corrected chi connectivity index (χ1v) is 10.4. The van der Waals surface area contributed by atoms with Crippen molar-refractivity contribution in [1.29, 1.82) is 0 Å². The maximum atomic E-state index is 6.39. The van der Waals surface area contributed by atoms with E-state index in [0.717, 1.165) is 17.1 Å². The van der Waals surface area contributed by atoms with Crippen molar-refractivity contribution in [3.8, 4) is 0 Å². The molecule has 0 N–H and O–H groups in total. The monoisotopic (exact) mass is 406 g/mol. The van der Waals surface area contributed by atoms with E-state index in [1.807, 2.05) is 49.5 Å². The first-order chi connectivity index (χ1) is 13.9. The van der Waals surface area contributed by atoms with Crippen molar-refractivity contribution < 1.29 is 4.84 Å². The smallest absolute Gasteiger partial charge is 0.118 e. The summed E-state index contributed by atoms with van der Waals surface area (Å²) in [6.07, 6.45) is 8.95. The third-order valence-corrected chi connectivity index (χ3v) is 6.32. The molecule has 3 nitrogen and oxygen atoms in total. The van der Waals surface area contributed by atoms with E-state index < -0.39 is 0 Å². The SMILES string of the molecule is CN(C)c1ccc(/C=C/C=C=CC2ON3c4cccc(Cl)c4CC3C2(C)C)cc1. The van der Waals surface area contributed by atoms with E-state index in [2.05, 4.69) is 60.9 Å². The van der Waals surface area contributed by atoms with Crippen LogP contribution in [0.1, 0.15) is 25.0 Å². The van der Waals surface area contributed by atoms with Crippen molar-refractivity contribution >= 4 is 29.1 Å². The number of rotatable bonds is 4. The molecule has 2 aromatic carbocycles. The summed E-state index contributed by atoms with van der Waals surface area (Å²) in [5.74, 6) is 0. The van der Waals surface area contributed by atoms with Gasteiger partial charge in [0.1, 0.15) is 6.10 Å². The second-order valence-corrected chi connectivity index (χ2v) is 8.88. The van der Waals surface area contributed by atoms with Gasteiger partial charge in [-0.25, -0.2) is 5.06 Å². The maximum Gasteiger partial charge on any atom is 0.118 e. The number of benzene rings is 2. The van der Waals surface area contributed by atoms with Gasteiger partial charge < -0.3 is 4.90 Å². The second-order valence-electron chi connectivity index (χ2n) is 8.48. The summed E-state index contributed by atoms with van der Waals surface area (Å²) >= 11 is 6.39. The molecule has 0 bridgehead atoms. The Bertz CT molecular complexity index is 984. The maximum absolute atomic E-state index is 6.39. The van der Waals surface area contributed by atoms with Crippen LogP contribution in [-0.4, -0.2) is 26.2 Å². The number of hydrogen-bond donors (Lipinski definition) is 0. The van der Waals surface area contributed by atoms with Gasteiger partial charge in [0.15, 0.2) is 0 Å². The number of allylic oxidation sites excluding steroid dienone is 1. The highest BCUT2D eigenvalue weighted by Crippen LogP contribution is 2.50. The predicted molar refractivity (Wildman–Crippen MR) is 123 cm³/mol. The molecule has 4 rings (SSSR count). The van der Waals surface area contributed by atoms with Gasteiger partial charge in [-0.05, 0) is 54.0 Å². The molecule has 2 atom stereocenters. The van der Waals surface area contributed by atoms with Gasteiger partial charge in [0.05, 0.1) is 11.7 Å². The van der Waals surface area contributed by atoms with Crippen LogP contribution in [-0.2, 0) is 11.3 Å². The molecule has 29 heavy (non-hydrogen) atoms. The molecule has 2 aliphatic heterocycles. The summed E-state index contributed by atoms with van der Waals surface area (Å²) in [6.45, 7) is 4.50. The van der Waals surface area contributed by atoms with Crippen LogP contribution in [0.2, 0.25) is 5.02 Å². The zero-order chi connectivity index (χ0) is 20.6. The zero-order valence-electron chi connectivity index (χ0n) is 17.4. The van der Waals surface area contributed by atoms with E-state index >= 15 is 0 Å². The van der Waals surface area contributed by atoms with Crippen LogP contribution in [0.4, 0.5) is 11.4 Å². The summed E-state index contributed by atoms with van der Waals surface area (Å²) in [5, 5.41) is 2.87. The first-order valence-electron chi connectivity index (χ1n) is 9.98. The standard InChI is InChI=1S/C25H27ClN2O/c1-25(2)23-17-20-21(26)10-8-11-22(20)28(23)29-24(25)12-7-5-6-9-18-13-15-19(16-14-18)27(3)4/h5-6,8-16,23-24H,17H2,1-4H3/b9-6+. The van der Waals surface area contributed by atoms with Gasteiger partial charge in [-0.15, -0.1) is 5.73 Å². The molecule has 2 unspecified atom stereocenters. The molecule has 150 valence electrons. The number of halogens is 1. The fraction of sp³-hybridized carbons (Fsp3) is 0.320. The molecule has 1 saturated heterocycles. The van der Waals surface area contributed by atoms with E-state index in [9.17, 15) is 0 Å². The fourth-order valence-corrected chi connectivity index (χ4v) is 4.28. The van der Waals surface area contributed by atoms with E-state index in [1.165, 1.54) is 16.8 Å². The lowest BCUT2D eigenvalue weighted by molar-refractivity contribution is 0.0845. The quantitative estimate of drug-likeness (QED) is 0.464. The highest BCUT2D eigenvalue weighted by atomic mass is 35.5. The molecule has 0 saturated carbocycles. The minimum Gasteiger partial charge on any atom is -0.378 e. The van der Waals surface area contributed by atoms with Gasteiger partial charge in [0.25, 0.3) is 0 Å². The van der Waals surface area contributed by atoms with Crippen molar-refractivity contribution in [2.75, 3.05) is 24.1 Å². The summed E-state index contributed by atoms with van der Waals surface area (Å²) < 4.78 is 0. The average molecular weight is 407 g/mol. The molecule has 0 aromatic heterocycles. The van der Waals surface area contributed by atoms with Crippen LogP contribution in [0.5, 0.6) is 0 Å². The lowest BCUT2D eigenvalue weighted by atomic mass is 9.79. The number of nitrogens with zero attached hydrogens (tertiary/aromatic N) is 2. The number of hydroxylamine groups is 1. The Morgan fingerprint density at radius 1 is 1.17 bits per heavy atom. The van der Waals surface area contributed by atoms with Crippen molar-refractivity contribution in [1.82, 2.24) is 0 Å². The normalized spacial score (nSPS) is 21.6. The van der Waals surface area contributed by atoms with Crippen LogP contribution in [0, 0.1) is 5.41 Å². The second kappa shape index (κ2) is 7.76. The van der Waals surface area contributed by atoms with Gasteiger partial charge >= 0.3 is 0 Å². The van der Waals surface area contributed by atoms with E-state index in [4.69, 9.17) is 16.4 Å². The van der Waals surface area contributed by atoms with Crippen LogP contribution < -0.4 is 9.96 Å². The van der Waals surface area contributed by atoms with E-state index in [-0.39, 0.29) is 17.6 Å². The third kappa shape index (κ3) is 3.74. The topological polar surface area (TPSA) is 15.7 Å². The largest absolute Gasteiger partial charge is 0.378 e. The number of hydrogen-bond acceptors (Lipinski definition) is 3. The summed E-state index contributed by atoms with van der Waals surface area (Å²) in [7, 11) is 4.09. The zero-order valence-corrected chi connectivity index (χ0v) is 18.1.